The Hall–Kier alpha value is 0.840. The van der Waals surface area contributed by atoms with Crippen LogP contribution < -0.4 is 18.9 Å². The Kier molecular flexibility index (Phi) is 16.0. The van der Waals surface area contributed by atoms with E-state index in [9.17, 15) is 5.11 Å². The summed E-state index contributed by atoms with van der Waals surface area (Å²) in [7, 11) is 0. The SMILES string of the molecule is CC(COc1c(Br)cc(Br)cc1Br)Oc1c(Br)cc(C(C)(C)c2cc(Br)c(OCC(O)C(C)Oc3c(Br)cc(Br)cc3Br)c(Br)c2)cc1Br. The van der Waals surface area contributed by atoms with Crippen LogP contribution in [0.5, 0.6) is 23.0 Å². The summed E-state index contributed by atoms with van der Waals surface area (Å²) in [6, 6.07) is 15.8. The first kappa shape index (κ1) is 42.6. The fraction of sp³-hybridized carbons (Fsp3) is 0.294. The Morgan fingerprint density at radius 2 is 0.837 bits per heavy atom. The highest BCUT2D eigenvalue weighted by Crippen LogP contribution is 2.45. The first-order valence-corrected chi connectivity index (χ1v) is 22.4. The van der Waals surface area contributed by atoms with Gasteiger partial charge in [0.15, 0.2) is 0 Å². The lowest BCUT2D eigenvalue weighted by atomic mass is 9.78. The lowest BCUT2D eigenvalue weighted by Crippen LogP contribution is -2.34. The molecule has 4 aromatic rings. The Labute approximate surface area is 370 Å². The normalized spacial score (nSPS) is 13.5. The Morgan fingerprint density at radius 3 is 1.27 bits per heavy atom. The summed E-state index contributed by atoms with van der Waals surface area (Å²) >= 11 is 36.0. The molecule has 0 amide bonds. The third-order valence-electron chi connectivity index (χ3n) is 7.39. The van der Waals surface area contributed by atoms with E-state index in [0.29, 0.717) is 29.6 Å². The fourth-order valence-corrected chi connectivity index (χ4v) is 12.3. The molecule has 264 valence electrons. The van der Waals surface area contributed by atoms with Crippen LogP contribution >= 0.6 is 159 Å². The van der Waals surface area contributed by atoms with Gasteiger partial charge in [0.1, 0.15) is 54.5 Å². The first-order chi connectivity index (χ1) is 22.9. The molecule has 0 heterocycles. The van der Waals surface area contributed by atoms with E-state index >= 15 is 0 Å². The molecule has 4 rings (SSSR count). The van der Waals surface area contributed by atoms with E-state index in [0.717, 1.165) is 55.9 Å². The first-order valence-electron chi connectivity index (χ1n) is 14.4. The summed E-state index contributed by atoms with van der Waals surface area (Å²) in [5, 5.41) is 10.9. The van der Waals surface area contributed by atoms with Gasteiger partial charge in [-0.05, 0) is 201 Å². The summed E-state index contributed by atoms with van der Waals surface area (Å²) < 4.78 is 32.7. The van der Waals surface area contributed by atoms with Gasteiger partial charge in [0, 0.05) is 14.4 Å². The van der Waals surface area contributed by atoms with E-state index in [1.165, 1.54) is 0 Å². The van der Waals surface area contributed by atoms with Crippen molar-refractivity contribution in [1.29, 1.82) is 0 Å². The van der Waals surface area contributed by atoms with Crippen molar-refractivity contribution in [2.24, 2.45) is 0 Å². The molecule has 0 radical (unpaired) electrons. The van der Waals surface area contributed by atoms with Gasteiger partial charge in [-0.3, -0.25) is 0 Å². The number of rotatable bonds is 13. The average molecular weight is 1320 g/mol. The van der Waals surface area contributed by atoms with Gasteiger partial charge < -0.3 is 24.1 Å². The van der Waals surface area contributed by atoms with Crippen LogP contribution in [0.4, 0.5) is 0 Å². The van der Waals surface area contributed by atoms with Crippen LogP contribution in [-0.4, -0.2) is 36.6 Å². The van der Waals surface area contributed by atoms with Crippen LogP contribution in [0.2, 0.25) is 0 Å². The van der Waals surface area contributed by atoms with Crippen molar-refractivity contribution < 1.29 is 24.1 Å². The number of hydrogen-bond acceptors (Lipinski definition) is 5. The molecule has 0 aromatic heterocycles. The second kappa shape index (κ2) is 18.4. The van der Waals surface area contributed by atoms with Crippen molar-refractivity contribution in [2.45, 2.75) is 51.4 Å². The minimum absolute atomic E-state index is 0.0232. The molecule has 3 atom stereocenters. The predicted molar refractivity (Wildman–Crippen MR) is 232 cm³/mol. The van der Waals surface area contributed by atoms with E-state index in [1.54, 1.807) is 6.92 Å². The second-order valence-corrected chi connectivity index (χ2v) is 20.2. The van der Waals surface area contributed by atoms with E-state index in [-0.39, 0.29) is 12.7 Å². The van der Waals surface area contributed by atoms with Gasteiger partial charge in [-0.1, -0.05) is 45.7 Å². The molecule has 0 bridgehead atoms. The lowest BCUT2D eigenvalue weighted by molar-refractivity contribution is 0.0142. The molecule has 0 fully saturated rings. The predicted octanol–water partition coefficient (Wildman–Crippen LogP) is 14.7. The molecule has 5 nitrogen and oxygen atoms in total. The molecule has 0 aliphatic carbocycles. The van der Waals surface area contributed by atoms with Crippen LogP contribution in [0.3, 0.4) is 0 Å². The summed E-state index contributed by atoms with van der Waals surface area (Å²) in [5.41, 5.74) is 1.69. The molecule has 0 spiro atoms. The molecule has 15 heteroatoms. The fourth-order valence-electron chi connectivity index (χ4n) is 4.57. The highest BCUT2D eigenvalue weighted by atomic mass is 79.9. The number of ether oxygens (including phenoxy) is 4. The number of benzene rings is 4. The Bertz CT molecular complexity index is 1740. The minimum Gasteiger partial charge on any atom is -0.488 e. The van der Waals surface area contributed by atoms with Gasteiger partial charge >= 0.3 is 0 Å². The summed E-state index contributed by atoms with van der Waals surface area (Å²) in [6.07, 6.45) is -1.68. The molecule has 3 unspecified atom stereocenters. The molecular formula is C34H28Br10O5. The van der Waals surface area contributed by atoms with Gasteiger partial charge in [0.2, 0.25) is 0 Å². The monoisotopic (exact) mass is 1310 g/mol. The number of aliphatic hydroxyl groups excluding tert-OH is 1. The highest BCUT2D eigenvalue weighted by molar-refractivity contribution is 9.12. The van der Waals surface area contributed by atoms with Crippen molar-refractivity contribution in [3.05, 3.63) is 104 Å². The Morgan fingerprint density at radius 1 is 0.510 bits per heavy atom. The van der Waals surface area contributed by atoms with Crippen LogP contribution in [0.15, 0.2) is 93.3 Å². The number of halogens is 10. The van der Waals surface area contributed by atoms with Crippen molar-refractivity contribution in [3.8, 4) is 23.0 Å². The van der Waals surface area contributed by atoms with Crippen LogP contribution in [-0.2, 0) is 5.41 Å². The van der Waals surface area contributed by atoms with Crippen molar-refractivity contribution in [1.82, 2.24) is 0 Å². The van der Waals surface area contributed by atoms with Crippen molar-refractivity contribution in [2.75, 3.05) is 13.2 Å². The van der Waals surface area contributed by atoms with E-state index in [4.69, 9.17) is 18.9 Å². The van der Waals surface area contributed by atoms with Crippen molar-refractivity contribution in [3.63, 3.8) is 0 Å². The largest absolute Gasteiger partial charge is 0.488 e. The van der Waals surface area contributed by atoms with Crippen LogP contribution in [0.25, 0.3) is 0 Å². The van der Waals surface area contributed by atoms with Gasteiger partial charge in [-0.2, -0.15) is 0 Å². The van der Waals surface area contributed by atoms with E-state index in [1.807, 2.05) is 43.3 Å². The highest BCUT2D eigenvalue weighted by Gasteiger charge is 2.28. The summed E-state index contributed by atoms with van der Waals surface area (Å²) in [5.74, 6) is 2.58. The maximum Gasteiger partial charge on any atom is 0.148 e. The smallest absolute Gasteiger partial charge is 0.148 e. The zero-order chi connectivity index (χ0) is 36.4. The standard InChI is InChI=1S/C34H28Br10O5/c1-15(13-46-31-25(41)9-19(35)10-26(31)42)48-32-23(39)7-18(8-24(32)40)34(3,4)17-5-21(37)30(22(38)6-17)47-14-29(45)16(2)49-33-27(43)11-20(36)12-28(33)44/h5-12,15-16,29,45H,13-14H2,1-4H3. The quantitative estimate of drug-likeness (QED) is 0.145. The zero-order valence-corrected chi connectivity index (χ0v) is 42.0. The Balaban J connectivity index is 1.44. The summed E-state index contributed by atoms with van der Waals surface area (Å²) in [6.45, 7) is 8.43. The molecule has 0 aliphatic rings. The van der Waals surface area contributed by atoms with Gasteiger partial charge in [0.25, 0.3) is 0 Å². The van der Waals surface area contributed by atoms with Crippen LogP contribution in [0.1, 0.15) is 38.8 Å². The zero-order valence-electron chi connectivity index (χ0n) is 26.1. The van der Waals surface area contributed by atoms with E-state index in [2.05, 4.69) is 185 Å². The van der Waals surface area contributed by atoms with Gasteiger partial charge in [0.05, 0.1) is 35.8 Å². The molecule has 49 heavy (non-hydrogen) atoms. The number of hydrogen-bond donors (Lipinski definition) is 1. The van der Waals surface area contributed by atoms with E-state index < -0.39 is 17.6 Å². The molecule has 0 aliphatic heterocycles. The van der Waals surface area contributed by atoms with Gasteiger partial charge in [-0.15, -0.1) is 0 Å². The molecule has 0 saturated heterocycles. The molecule has 0 saturated carbocycles. The molecule has 4 aromatic carbocycles. The molecule has 1 N–H and O–H groups in total. The maximum atomic E-state index is 10.9. The third kappa shape index (κ3) is 11.0. The van der Waals surface area contributed by atoms with Crippen LogP contribution in [0, 0.1) is 0 Å². The molecular weight excluding hydrogens is 1290 g/mol. The summed E-state index contributed by atoms with van der Waals surface area (Å²) in [4.78, 5) is 0. The number of aliphatic hydroxyl groups is 1. The third-order valence-corrected chi connectivity index (χ3v) is 13.0. The average Bonchev–Trinajstić information content (AvgIpc) is 2.99. The minimum atomic E-state index is -0.897. The second-order valence-electron chi connectivity index (χ2n) is 11.5. The lowest BCUT2D eigenvalue weighted by Gasteiger charge is -2.29. The maximum absolute atomic E-state index is 10.9. The topological polar surface area (TPSA) is 57.2 Å². The van der Waals surface area contributed by atoms with Gasteiger partial charge in [-0.25, -0.2) is 0 Å². The van der Waals surface area contributed by atoms with Crippen molar-refractivity contribution >= 4 is 159 Å².